The minimum absolute atomic E-state index is 0.164. The first kappa shape index (κ1) is 10.2. The number of hydrogen-bond donors (Lipinski definition) is 1. The van der Waals surface area contributed by atoms with Crippen LogP contribution in [0.4, 0.5) is 0 Å². The van der Waals surface area contributed by atoms with Gasteiger partial charge in [-0.05, 0) is 25.7 Å². The van der Waals surface area contributed by atoms with Crippen molar-refractivity contribution in [1.29, 1.82) is 0 Å². The maximum absolute atomic E-state index is 12.1. The predicted octanol–water partition coefficient (Wildman–Crippen LogP) is 2.26. The molecule has 0 aromatic rings. The minimum atomic E-state index is 0.164. The molecule has 0 amide bonds. The molecule has 80 valence electrons. The van der Waals surface area contributed by atoms with Crippen LogP contribution in [0.1, 0.15) is 51.4 Å². The van der Waals surface area contributed by atoms with Gasteiger partial charge in [-0.25, -0.2) is 0 Å². The Kier molecular flexibility index (Phi) is 3.22. The first-order valence-corrected chi connectivity index (χ1v) is 6.08. The summed E-state index contributed by atoms with van der Waals surface area (Å²) in [4.78, 5) is 12.1. The molecule has 2 aliphatic carbocycles. The Morgan fingerprint density at radius 3 is 2.14 bits per heavy atom. The van der Waals surface area contributed by atoms with Crippen molar-refractivity contribution in [2.75, 3.05) is 0 Å². The Labute approximate surface area is 86.2 Å². The van der Waals surface area contributed by atoms with Gasteiger partial charge in [0.15, 0.2) is 0 Å². The quantitative estimate of drug-likeness (QED) is 0.734. The van der Waals surface area contributed by atoms with Gasteiger partial charge in [0.25, 0.3) is 0 Å². The summed E-state index contributed by atoms with van der Waals surface area (Å²) in [6.45, 7) is 0. The maximum Gasteiger partial charge on any atom is 0.140 e. The lowest BCUT2D eigenvalue weighted by Gasteiger charge is -2.29. The van der Waals surface area contributed by atoms with Gasteiger partial charge in [-0.3, -0.25) is 4.79 Å². The molecule has 0 bridgehead atoms. The van der Waals surface area contributed by atoms with E-state index in [0.717, 1.165) is 25.7 Å². The zero-order valence-corrected chi connectivity index (χ0v) is 8.87. The van der Waals surface area contributed by atoms with Crippen LogP contribution in [0.15, 0.2) is 0 Å². The van der Waals surface area contributed by atoms with Crippen LogP contribution in [-0.4, -0.2) is 11.8 Å². The molecule has 0 radical (unpaired) electrons. The summed E-state index contributed by atoms with van der Waals surface area (Å²) >= 11 is 0. The second-order valence-electron chi connectivity index (χ2n) is 4.94. The van der Waals surface area contributed by atoms with Crippen molar-refractivity contribution in [1.82, 2.24) is 0 Å². The van der Waals surface area contributed by atoms with E-state index in [9.17, 15) is 4.79 Å². The summed E-state index contributed by atoms with van der Waals surface area (Å²) in [6, 6.07) is 0.164. The highest BCUT2D eigenvalue weighted by Gasteiger charge is 2.33. The standard InChI is InChI=1S/C12H21NO/c13-11-8-4-3-7-10(11)12(14)9-5-1-2-6-9/h9-11H,1-8,13H2. The largest absolute Gasteiger partial charge is 0.327 e. The molecular weight excluding hydrogens is 174 g/mol. The van der Waals surface area contributed by atoms with E-state index >= 15 is 0 Å². The van der Waals surface area contributed by atoms with Gasteiger partial charge >= 0.3 is 0 Å². The highest BCUT2D eigenvalue weighted by Crippen LogP contribution is 2.32. The third-order valence-electron chi connectivity index (χ3n) is 3.94. The van der Waals surface area contributed by atoms with Crippen LogP contribution < -0.4 is 5.73 Å². The first-order chi connectivity index (χ1) is 6.79. The summed E-state index contributed by atoms with van der Waals surface area (Å²) < 4.78 is 0. The van der Waals surface area contributed by atoms with E-state index in [4.69, 9.17) is 5.73 Å². The summed E-state index contributed by atoms with van der Waals surface area (Å²) in [7, 11) is 0. The fourth-order valence-corrected chi connectivity index (χ4v) is 3.03. The van der Waals surface area contributed by atoms with Crippen molar-refractivity contribution in [2.24, 2.45) is 17.6 Å². The van der Waals surface area contributed by atoms with Crippen LogP contribution in [0.25, 0.3) is 0 Å². The number of carbonyl (C=O) groups excluding carboxylic acids is 1. The number of hydrogen-bond acceptors (Lipinski definition) is 2. The molecule has 0 heterocycles. The maximum atomic E-state index is 12.1. The van der Waals surface area contributed by atoms with Gasteiger partial charge in [-0.2, -0.15) is 0 Å². The molecule has 2 fully saturated rings. The van der Waals surface area contributed by atoms with Crippen LogP contribution in [0.2, 0.25) is 0 Å². The predicted molar refractivity (Wildman–Crippen MR) is 56.9 cm³/mol. The first-order valence-electron chi connectivity index (χ1n) is 6.08. The number of carbonyl (C=O) groups is 1. The van der Waals surface area contributed by atoms with Crippen molar-refractivity contribution in [3.63, 3.8) is 0 Å². The van der Waals surface area contributed by atoms with E-state index < -0.39 is 0 Å². The summed E-state index contributed by atoms with van der Waals surface area (Å²) in [5, 5.41) is 0. The molecule has 0 aromatic heterocycles. The monoisotopic (exact) mass is 195 g/mol. The lowest BCUT2D eigenvalue weighted by Crippen LogP contribution is -2.40. The molecule has 2 nitrogen and oxygen atoms in total. The van der Waals surface area contributed by atoms with Crippen LogP contribution >= 0.6 is 0 Å². The fourth-order valence-electron chi connectivity index (χ4n) is 3.03. The van der Waals surface area contributed by atoms with Crippen LogP contribution in [0.5, 0.6) is 0 Å². The average molecular weight is 195 g/mol. The van der Waals surface area contributed by atoms with Gasteiger partial charge in [-0.15, -0.1) is 0 Å². The van der Waals surface area contributed by atoms with Gasteiger partial charge < -0.3 is 5.73 Å². The summed E-state index contributed by atoms with van der Waals surface area (Å²) in [6.07, 6.45) is 9.28. The fraction of sp³-hybridized carbons (Fsp3) is 0.917. The number of rotatable bonds is 2. The van der Waals surface area contributed by atoms with E-state index in [2.05, 4.69) is 0 Å². The van der Waals surface area contributed by atoms with E-state index in [-0.39, 0.29) is 12.0 Å². The Morgan fingerprint density at radius 1 is 0.929 bits per heavy atom. The van der Waals surface area contributed by atoms with Crippen LogP contribution in [0, 0.1) is 11.8 Å². The van der Waals surface area contributed by atoms with E-state index in [0.29, 0.717) is 11.7 Å². The smallest absolute Gasteiger partial charge is 0.140 e. The second kappa shape index (κ2) is 4.43. The van der Waals surface area contributed by atoms with Crippen molar-refractivity contribution in [3.05, 3.63) is 0 Å². The zero-order valence-electron chi connectivity index (χ0n) is 8.87. The lowest BCUT2D eigenvalue weighted by molar-refractivity contribution is -0.128. The van der Waals surface area contributed by atoms with E-state index in [1.165, 1.54) is 25.7 Å². The molecule has 2 saturated carbocycles. The Morgan fingerprint density at radius 2 is 1.50 bits per heavy atom. The Hall–Kier alpha value is -0.370. The van der Waals surface area contributed by atoms with Crippen molar-refractivity contribution in [2.45, 2.75) is 57.4 Å². The van der Waals surface area contributed by atoms with Crippen LogP contribution in [0.3, 0.4) is 0 Å². The molecule has 0 aliphatic heterocycles. The van der Waals surface area contributed by atoms with Crippen molar-refractivity contribution < 1.29 is 4.79 Å². The second-order valence-corrected chi connectivity index (χ2v) is 4.94. The lowest BCUT2D eigenvalue weighted by atomic mass is 9.78. The van der Waals surface area contributed by atoms with Gasteiger partial charge in [0.1, 0.15) is 5.78 Å². The molecule has 2 N–H and O–H groups in total. The molecule has 2 heteroatoms. The molecule has 2 unspecified atom stereocenters. The van der Waals surface area contributed by atoms with E-state index in [1.54, 1.807) is 0 Å². The summed E-state index contributed by atoms with van der Waals surface area (Å²) in [5.41, 5.74) is 6.03. The SMILES string of the molecule is NC1CCCCC1C(=O)C1CCCC1. The van der Waals surface area contributed by atoms with Crippen molar-refractivity contribution in [3.8, 4) is 0 Å². The third kappa shape index (κ3) is 2.00. The van der Waals surface area contributed by atoms with Gasteiger partial charge in [0, 0.05) is 17.9 Å². The zero-order chi connectivity index (χ0) is 9.97. The van der Waals surface area contributed by atoms with Gasteiger partial charge in [0.2, 0.25) is 0 Å². The molecule has 14 heavy (non-hydrogen) atoms. The number of ketones is 1. The molecule has 2 atom stereocenters. The number of Topliss-reactive ketones (excluding diaryl/α,β-unsaturated/α-hetero) is 1. The molecule has 2 aliphatic rings. The molecule has 0 saturated heterocycles. The van der Waals surface area contributed by atoms with Crippen LogP contribution in [-0.2, 0) is 4.79 Å². The molecular formula is C12H21NO. The Balaban J connectivity index is 1.94. The van der Waals surface area contributed by atoms with Gasteiger partial charge in [-0.1, -0.05) is 25.7 Å². The van der Waals surface area contributed by atoms with E-state index in [1.807, 2.05) is 0 Å². The molecule has 2 rings (SSSR count). The normalized spacial score (nSPS) is 34.6. The average Bonchev–Trinajstić information content (AvgIpc) is 2.70. The number of nitrogens with two attached hydrogens (primary N) is 1. The Bertz CT molecular complexity index is 208. The highest BCUT2D eigenvalue weighted by molar-refractivity contribution is 5.84. The molecule has 0 aromatic carbocycles. The third-order valence-corrected chi connectivity index (χ3v) is 3.94. The molecule has 0 spiro atoms. The highest BCUT2D eigenvalue weighted by atomic mass is 16.1. The van der Waals surface area contributed by atoms with Crippen molar-refractivity contribution >= 4 is 5.78 Å². The van der Waals surface area contributed by atoms with Gasteiger partial charge in [0.05, 0.1) is 0 Å². The minimum Gasteiger partial charge on any atom is -0.327 e. The summed E-state index contributed by atoms with van der Waals surface area (Å²) in [5.74, 6) is 1.06. The topological polar surface area (TPSA) is 43.1 Å².